The fourth-order valence-electron chi connectivity index (χ4n) is 4.82. The predicted octanol–water partition coefficient (Wildman–Crippen LogP) is 2.46. The van der Waals surface area contributed by atoms with Gasteiger partial charge in [0.15, 0.2) is 5.69 Å². The highest BCUT2D eigenvalue weighted by atomic mass is 16.2. The predicted molar refractivity (Wildman–Crippen MR) is 107 cm³/mol. The number of nitrogens with zero attached hydrogens (tertiary/aromatic N) is 2. The first-order valence-electron chi connectivity index (χ1n) is 9.78. The van der Waals surface area contributed by atoms with Crippen LogP contribution in [0, 0.1) is 0 Å². The summed E-state index contributed by atoms with van der Waals surface area (Å²) in [5, 5.41) is 10.7. The van der Waals surface area contributed by atoms with Crippen molar-refractivity contribution < 1.29 is 4.79 Å². The third kappa shape index (κ3) is 2.90. The zero-order chi connectivity index (χ0) is 19.1. The van der Waals surface area contributed by atoms with Gasteiger partial charge in [-0.15, -0.1) is 0 Å². The number of carbonyl (C=O) groups is 1. The Bertz CT molecular complexity index is 1080. The fourth-order valence-corrected chi connectivity index (χ4v) is 4.82. The molecule has 3 aromatic rings. The molecule has 1 aromatic heterocycles. The van der Waals surface area contributed by atoms with Crippen LogP contribution < -0.4 is 10.9 Å². The van der Waals surface area contributed by atoms with Gasteiger partial charge >= 0.3 is 0 Å². The second-order valence-electron chi connectivity index (χ2n) is 7.72. The summed E-state index contributed by atoms with van der Waals surface area (Å²) in [5.41, 5.74) is 1.31. The number of hydrogen-bond donors (Lipinski definition) is 2. The SMILES string of the molecule is O=C(N[C@@H]1C[C@@H]2CC[C@H]1N2Cc1ccccc1)c1n[nH]c(=O)c2ccccc12. The van der Waals surface area contributed by atoms with Gasteiger partial charge in [0, 0.05) is 30.1 Å². The zero-order valence-corrected chi connectivity index (χ0v) is 15.5. The summed E-state index contributed by atoms with van der Waals surface area (Å²) in [7, 11) is 0. The molecule has 5 rings (SSSR count). The lowest BCUT2D eigenvalue weighted by Gasteiger charge is -2.25. The standard InChI is InChI=1S/C22H22N4O2/c27-21-17-9-5-4-8-16(17)20(24-25-21)22(28)23-18-12-15-10-11-19(18)26(15)13-14-6-2-1-3-7-14/h1-9,15,18-19H,10-13H2,(H,23,28)(H,25,27)/t15-,18+,19+/m0/s1. The van der Waals surface area contributed by atoms with Gasteiger partial charge in [-0.1, -0.05) is 48.5 Å². The van der Waals surface area contributed by atoms with Crippen molar-refractivity contribution in [3.8, 4) is 0 Å². The number of nitrogens with one attached hydrogen (secondary N) is 2. The molecule has 0 radical (unpaired) electrons. The molecule has 142 valence electrons. The minimum atomic E-state index is -0.277. The van der Waals surface area contributed by atoms with Crippen LogP contribution in [-0.2, 0) is 6.54 Å². The van der Waals surface area contributed by atoms with Gasteiger partial charge in [0.1, 0.15) is 0 Å². The van der Waals surface area contributed by atoms with E-state index in [0.717, 1.165) is 19.4 Å². The number of fused-ring (bicyclic) bond motifs is 3. The van der Waals surface area contributed by atoms with Crippen LogP contribution in [0.2, 0.25) is 0 Å². The average molecular weight is 374 g/mol. The quantitative estimate of drug-likeness (QED) is 0.735. The van der Waals surface area contributed by atoms with Crippen LogP contribution in [-0.4, -0.2) is 39.1 Å². The second-order valence-corrected chi connectivity index (χ2v) is 7.72. The summed E-state index contributed by atoms with van der Waals surface area (Å²) in [5.74, 6) is -0.218. The molecule has 0 aliphatic carbocycles. The lowest BCUT2D eigenvalue weighted by atomic mass is 9.95. The molecule has 6 heteroatoms. The molecule has 6 nitrogen and oxygen atoms in total. The first kappa shape index (κ1) is 17.1. The van der Waals surface area contributed by atoms with Crippen molar-refractivity contribution in [3.05, 3.63) is 76.2 Å². The maximum absolute atomic E-state index is 13.0. The van der Waals surface area contributed by atoms with Gasteiger partial charge in [0.05, 0.1) is 5.39 Å². The van der Waals surface area contributed by atoms with E-state index in [-0.39, 0.29) is 23.2 Å². The van der Waals surface area contributed by atoms with Crippen LogP contribution in [0.25, 0.3) is 10.8 Å². The molecule has 2 aromatic carbocycles. The van der Waals surface area contributed by atoms with Crippen molar-refractivity contribution in [1.82, 2.24) is 20.4 Å². The summed E-state index contributed by atoms with van der Waals surface area (Å²) in [4.78, 5) is 27.4. The largest absolute Gasteiger partial charge is 0.346 e. The van der Waals surface area contributed by atoms with Gasteiger partial charge in [-0.2, -0.15) is 5.10 Å². The lowest BCUT2D eigenvalue weighted by molar-refractivity contribution is 0.0921. The molecular formula is C22H22N4O2. The molecular weight excluding hydrogens is 352 g/mol. The summed E-state index contributed by atoms with van der Waals surface area (Å²) in [6.07, 6.45) is 3.25. The van der Waals surface area contributed by atoms with Crippen LogP contribution in [0.5, 0.6) is 0 Å². The highest BCUT2D eigenvalue weighted by Gasteiger charge is 2.46. The third-order valence-electron chi connectivity index (χ3n) is 6.12. The van der Waals surface area contributed by atoms with Gasteiger partial charge in [-0.05, 0) is 30.9 Å². The topological polar surface area (TPSA) is 78.1 Å². The van der Waals surface area contributed by atoms with Crippen molar-refractivity contribution in [2.75, 3.05) is 0 Å². The van der Waals surface area contributed by atoms with Gasteiger partial charge < -0.3 is 5.32 Å². The fraction of sp³-hybridized carbons (Fsp3) is 0.318. The number of benzene rings is 2. The zero-order valence-electron chi connectivity index (χ0n) is 15.5. The number of H-pyrrole nitrogens is 1. The summed E-state index contributed by atoms with van der Waals surface area (Å²) < 4.78 is 0. The van der Waals surface area contributed by atoms with Gasteiger partial charge in [-0.25, -0.2) is 5.10 Å². The van der Waals surface area contributed by atoms with E-state index in [0.29, 0.717) is 22.9 Å². The lowest BCUT2D eigenvalue weighted by Crippen LogP contribution is -2.44. The van der Waals surface area contributed by atoms with E-state index in [2.05, 4.69) is 44.7 Å². The average Bonchev–Trinajstić information content (AvgIpc) is 3.25. The normalized spacial score (nSPS) is 23.9. The van der Waals surface area contributed by atoms with Crippen LogP contribution in [0.1, 0.15) is 35.3 Å². The maximum atomic E-state index is 13.0. The van der Waals surface area contributed by atoms with Crippen molar-refractivity contribution in [1.29, 1.82) is 0 Å². The molecule has 2 aliphatic rings. The Hall–Kier alpha value is -2.99. The molecule has 1 amide bonds. The van der Waals surface area contributed by atoms with Crippen LogP contribution in [0.4, 0.5) is 0 Å². The molecule has 2 bridgehead atoms. The van der Waals surface area contributed by atoms with Crippen molar-refractivity contribution >= 4 is 16.7 Å². The summed E-state index contributed by atoms with van der Waals surface area (Å²) >= 11 is 0. The van der Waals surface area contributed by atoms with Crippen molar-refractivity contribution in [2.45, 2.75) is 43.9 Å². The molecule has 2 N–H and O–H groups in total. The van der Waals surface area contributed by atoms with E-state index in [4.69, 9.17) is 0 Å². The summed E-state index contributed by atoms with van der Waals surface area (Å²) in [6, 6.07) is 18.5. The smallest absolute Gasteiger partial charge is 0.272 e. The van der Waals surface area contributed by atoms with Gasteiger partial charge in [-0.3, -0.25) is 14.5 Å². The van der Waals surface area contributed by atoms with Gasteiger partial charge in [0.2, 0.25) is 0 Å². The summed E-state index contributed by atoms with van der Waals surface area (Å²) in [6.45, 7) is 0.919. The van der Waals surface area contributed by atoms with E-state index >= 15 is 0 Å². The van der Waals surface area contributed by atoms with E-state index in [1.165, 1.54) is 12.0 Å². The molecule has 3 atom stereocenters. The van der Waals surface area contributed by atoms with Crippen molar-refractivity contribution in [3.63, 3.8) is 0 Å². The van der Waals surface area contributed by atoms with Crippen LogP contribution in [0.3, 0.4) is 0 Å². The third-order valence-corrected chi connectivity index (χ3v) is 6.12. The Labute approximate surface area is 162 Å². The molecule has 2 aliphatic heterocycles. The maximum Gasteiger partial charge on any atom is 0.272 e. The monoisotopic (exact) mass is 374 g/mol. The van der Waals surface area contributed by atoms with Crippen molar-refractivity contribution in [2.24, 2.45) is 0 Å². The number of aromatic nitrogens is 2. The van der Waals surface area contributed by atoms with Crippen LogP contribution >= 0.6 is 0 Å². The number of amides is 1. The molecule has 2 saturated heterocycles. The molecule has 2 fully saturated rings. The first-order chi connectivity index (χ1) is 13.7. The van der Waals surface area contributed by atoms with E-state index in [1.54, 1.807) is 18.2 Å². The van der Waals surface area contributed by atoms with Gasteiger partial charge in [0.25, 0.3) is 11.5 Å². The molecule has 28 heavy (non-hydrogen) atoms. The minimum Gasteiger partial charge on any atom is -0.346 e. The molecule has 0 unspecified atom stereocenters. The van der Waals surface area contributed by atoms with E-state index in [1.807, 2.05) is 12.1 Å². The Morgan fingerprint density at radius 3 is 2.64 bits per heavy atom. The first-order valence-corrected chi connectivity index (χ1v) is 9.78. The number of rotatable bonds is 4. The Morgan fingerprint density at radius 1 is 1.07 bits per heavy atom. The number of hydrogen-bond acceptors (Lipinski definition) is 4. The van der Waals surface area contributed by atoms with E-state index < -0.39 is 0 Å². The Balaban J connectivity index is 1.36. The Kier molecular flexibility index (Phi) is 4.20. The van der Waals surface area contributed by atoms with E-state index in [9.17, 15) is 9.59 Å². The van der Waals surface area contributed by atoms with Crippen LogP contribution in [0.15, 0.2) is 59.4 Å². The Morgan fingerprint density at radius 2 is 1.82 bits per heavy atom. The highest BCUT2D eigenvalue weighted by Crippen LogP contribution is 2.39. The molecule has 3 heterocycles. The number of carbonyl (C=O) groups excluding carboxylic acids is 1. The highest BCUT2D eigenvalue weighted by molar-refractivity contribution is 6.04. The second kappa shape index (κ2) is 6.87. The minimum absolute atomic E-state index is 0.113. The molecule has 0 saturated carbocycles. The number of aromatic amines is 1. The molecule has 0 spiro atoms.